The number of hydrogen-bond acceptors (Lipinski definition) is 3. The van der Waals surface area contributed by atoms with Gasteiger partial charge in [0.15, 0.2) is 0 Å². The van der Waals surface area contributed by atoms with Gasteiger partial charge in [0.05, 0.1) is 17.2 Å². The number of carbonyl (C=O) groups is 1. The lowest BCUT2D eigenvalue weighted by Gasteiger charge is -2.02. The van der Waals surface area contributed by atoms with E-state index in [1.807, 2.05) is 6.07 Å². The molecule has 0 amide bonds. The van der Waals surface area contributed by atoms with E-state index in [-0.39, 0.29) is 5.56 Å². The molecule has 0 heterocycles. The van der Waals surface area contributed by atoms with Crippen LogP contribution in [0.3, 0.4) is 0 Å². The number of rotatable bonds is 1. The number of nitriles is 1. The van der Waals surface area contributed by atoms with Crippen LogP contribution in [0.4, 0.5) is 0 Å². The molecule has 1 aromatic carbocycles. The molecule has 0 saturated carbocycles. The van der Waals surface area contributed by atoms with Crippen molar-refractivity contribution in [3.8, 4) is 6.07 Å². The van der Waals surface area contributed by atoms with Gasteiger partial charge in [-0.25, -0.2) is 4.79 Å². The van der Waals surface area contributed by atoms with Crippen LogP contribution in [0.15, 0.2) is 17.0 Å². The molecule has 1 aromatic rings. The van der Waals surface area contributed by atoms with Crippen molar-refractivity contribution in [2.75, 3.05) is 0 Å². The molecular formula is C9H7NO2S. The first-order valence-electron chi connectivity index (χ1n) is 3.53. The van der Waals surface area contributed by atoms with Gasteiger partial charge in [-0.2, -0.15) is 5.26 Å². The average molecular weight is 193 g/mol. The monoisotopic (exact) mass is 193 g/mol. The van der Waals surface area contributed by atoms with Crippen LogP contribution in [-0.2, 0) is 0 Å². The molecule has 0 spiro atoms. The lowest BCUT2D eigenvalue weighted by molar-refractivity contribution is 0.0693. The van der Waals surface area contributed by atoms with Crippen LogP contribution in [0.2, 0.25) is 0 Å². The number of thiol groups is 1. The Kier molecular flexibility index (Phi) is 2.59. The number of carboxylic acids is 1. The van der Waals surface area contributed by atoms with E-state index in [4.69, 9.17) is 10.4 Å². The van der Waals surface area contributed by atoms with Gasteiger partial charge in [-0.15, -0.1) is 12.6 Å². The highest BCUT2D eigenvalue weighted by molar-refractivity contribution is 7.80. The lowest BCUT2D eigenvalue weighted by atomic mass is 10.1. The van der Waals surface area contributed by atoms with Crippen molar-refractivity contribution in [1.29, 1.82) is 5.26 Å². The molecule has 1 N–H and O–H groups in total. The molecule has 13 heavy (non-hydrogen) atoms. The molecule has 1 rings (SSSR count). The van der Waals surface area contributed by atoms with Crippen molar-refractivity contribution in [3.63, 3.8) is 0 Å². The van der Waals surface area contributed by atoms with E-state index in [2.05, 4.69) is 12.6 Å². The van der Waals surface area contributed by atoms with Gasteiger partial charge >= 0.3 is 5.97 Å². The Labute approximate surface area is 81.0 Å². The SMILES string of the molecule is Cc1cc(S)c(C(=O)O)cc1C#N. The Hall–Kier alpha value is -1.47. The Morgan fingerprint density at radius 2 is 2.23 bits per heavy atom. The van der Waals surface area contributed by atoms with E-state index in [1.165, 1.54) is 6.07 Å². The first-order chi connectivity index (χ1) is 6.06. The van der Waals surface area contributed by atoms with E-state index in [9.17, 15) is 4.79 Å². The van der Waals surface area contributed by atoms with Crippen molar-refractivity contribution in [3.05, 3.63) is 28.8 Å². The number of nitrogens with zero attached hydrogens (tertiary/aromatic N) is 1. The molecular weight excluding hydrogens is 186 g/mol. The number of hydrogen-bond donors (Lipinski definition) is 2. The minimum Gasteiger partial charge on any atom is -0.478 e. The Morgan fingerprint density at radius 1 is 1.62 bits per heavy atom. The summed E-state index contributed by atoms with van der Waals surface area (Å²) in [5, 5.41) is 17.4. The molecule has 3 nitrogen and oxygen atoms in total. The molecule has 0 saturated heterocycles. The molecule has 0 aliphatic heterocycles. The normalized spacial score (nSPS) is 9.31. The van der Waals surface area contributed by atoms with Gasteiger partial charge in [-0.05, 0) is 24.6 Å². The second-order valence-electron chi connectivity index (χ2n) is 2.60. The standard InChI is InChI=1S/C9H7NO2S/c1-5-2-8(13)7(9(11)12)3-6(5)4-10/h2-3,13H,1H3,(H,11,12). The fourth-order valence-electron chi connectivity index (χ4n) is 0.984. The molecule has 0 fully saturated rings. The predicted octanol–water partition coefficient (Wildman–Crippen LogP) is 1.85. The van der Waals surface area contributed by atoms with Crippen molar-refractivity contribution in [2.24, 2.45) is 0 Å². The van der Waals surface area contributed by atoms with Crippen LogP contribution in [0.1, 0.15) is 21.5 Å². The largest absolute Gasteiger partial charge is 0.478 e. The van der Waals surface area contributed by atoms with E-state index in [0.29, 0.717) is 10.5 Å². The minimum atomic E-state index is -1.07. The van der Waals surface area contributed by atoms with Crippen LogP contribution in [0, 0.1) is 18.3 Å². The maximum absolute atomic E-state index is 10.6. The van der Waals surface area contributed by atoms with Crippen molar-refractivity contribution >= 4 is 18.6 Å². The summed E-state index contributed by atoms with van der Waals surface area (Å²) in [6, 6.07) is 4.83. The Morgan fingerprint density at radius 3 is 2.69 bits per heavy atom. The van der Waals surface area contributed by atoms with Crippen LogP contribution in [0.25, 0.3) is 0 Å². The van der Waals surface area contributed by atoms with E-state index in [1.54, 1.807) is 13.0 Å². The third-order valence-electron chi connectivity index (χ3n) is 1.69. The zero-order valence-electron chi connectivity index (χ0n) is 6.90. The smallest absolute Gasteiger partial charge is 0.336 e. The topological polar surface area (TPSA) is 61.1 Å². The quantitative estimate of drug-likeness (QED) is 0.669. The molecule has 0 unspecified atom stereocenters. The summed E-state index contributed by atoms with van der Waals surface area (Å²) < 4.78 is 0. The predicted molar refractivity (Wildman–Crippen MR) is 50.1 cm³/mol. The number of carboxylic acid groups (broad SMARTS) is 1. The molecule has 66 valence electrons. The average Bonchev–Trinajstić information content (AvgIpc) is 2.03. The molecule has 0 aliphatic rings. The van der Waals surface area contributed by atoms with E-state index < -0.39 is 5.97 Å². The second-order valence-corrected chi connectivity index (χ2v) is 3.08. The third kappa shape index (κ3) is 1.82. The summed E-state index contributed by atoms with van der Waals surface area (Å²) in [6.07, 6.45) is 0. The zero-order valence-corrected chi connectivity index (χ0v) is 7.80. The zero-order chi connectivity index (χ0) is 10.0. The van der Waals surface area contributed by atoms with Crippen molar-refractivity contribution in [2.45, 2.75) is 11.8 Å². The van der Waals surface area contributed by atoms with Gasteiger partial charge in [0.25, 0.3) is 0 Å². The molecule has 0 aliphatic carbocycles. The van der Waals surface area contributed by atoms with Crippen LogP contribution in [0.5, 0.6) is 0 Å². The number of aryl methyl sites for hydroxylation is 1. The van der Waals surface area contributed by atoms with E-state index in [0.717, 1.165) is 5.56 Å². The number of benzene rings is 1. The van der Waals surface area contributed by atoms with Gasteiger partial charge in [0.2, 0.25) is 0 Å². The van der Waals surface area contributed by atoms with Gasteiger partial charge < -0.3 is 5.11 Å². The van der Waals surface area contributed by atoms with E-state index >= 15 is 0 Å². The summed E-state index contributed by atoms with van der Waals surface area (Å²) in [6.45, 7) is 1.74. The maximum Gasteiger partial charge on any atom is 0.336 e. The van der Waals surface area contributed by atoms with Gasteiger partial charge in [-0.3, -0.25) is 0 Å². The third-order valence-corrected chi connectivity index (χ3v) is 2.06. The fraction of sp³-hybridized carbons (Fsp3) is 0.111. The number of aromatic carboxylic acids is 1. The maximum atomic E-state index is 10.6. The highest BCUT2D eigenvalue weighted by Crippen LogP contribution is 2.19. The van der Waals surface area contributed by atoms with Gasteiger partial charge in [0, 0.05) is 4.90 Å². The summed E-state index contributed by atoms with van der Waals surface area (Å²) >= 11 is 4.00. The minimum absolute atomic E-state index is 0.0606. The molecule has 0 bridgehead atoms. The Bertz CT molecular complexity index is 407. The lowest BCUT2D eigenvalue weighted by Crippen LogP contribution is -1.99. The molecule has 0 radical (unpaired) electrons. The first kappa shape index (κ1) is 9.62. The summed E-state index contributed by atoms with van der Waals surface area (Å²) in [7, 11) is 0. The van der Waals surface area contributed by atoms with Crippen LogP contribution < -0.4 is 0 Å². The highest BCUT2D eigenvalue weighted by Gasteiger charge is 2.10. The van der Waals surface area contributed by atoms with Gasteiger partial charge in [0.1, 0.15) is 0 Å². The highest BCUT2D eigenvalue weighted by atomic mass is 32.1. The summed E-state index contributed by atoms with van der Waals surface area (Å²) in [5.74, 6) is -1.07. The van der Waals surface area contributed by atoms with Crippen molar-refractivity contribution in [1.82, 2.24) is 0 Å². The van der Waals surface area contributed by atoms with Crippen molar-refractivity contribution < 1.29 is 9.90 Å². The fourth-order valence-corrected chi connectivity index (χ4v) is 1.34. The second kappa shape index (κ2) is 3.50. The first-order valence-corrected chi connectivity index (χ1v) is 3.98. The summed E-state index contributed by atoms with van der Waals surface area (Å²) in [4.78, 5) is 11.0. The molecule has 0 atom stereocenters. The van der Waals surface area contributed by atoms with Gasteiger partial charge in [-0.1, -0.05) is 0 Å². The Balaban J connectivity index is 3.41. The molecule has 0 aromatic heterocycles. The van der Waals surface area contributed by atoms with Crippen LogP contribution >= 0.6 is 12.6 Å². The summed E-state index contributed by atoms with van der Waals surface area (Å²) in [5.41, 5.74) is 1.16. The molecule has 4 heteroatoms. The van der Waals surface area contributed by atoms with Crippen LogP contribution in [-0.4, -0.2) is 11.1 Å².